The van der Waals surface area contributed by atoms with Gasteiger partial charge in [0.25, 0.3) is 0 Å². The quantitative estimate of drug-likeness (QED) is 0.160. The molecule has 2 aromatic rings. The SMILES string of the molecule is C=CCCOC(=O)NCCC(C)(C)CN(C[C@@H](O)[C@H](Cc1ccccc1)N(C(=O)O)[C@H]1CO[C@H]2OCC[C@H]21)S(=O)(=O)c1ccc2c(c1)OCO2. The van der Waals surface area contributed by atoms with Crippen LogP contribution >= 0.6 is 0 Å². The highest BCUT2D eigenvalue weighted by Crippen LogP contribution is 2.38. The summed E-state index contributed by atoms with van der Waals surface area (Å²) in [6.07, 6.45) is -0.580. The molecule has 2 aromatic carbocycles. The number of sulfonamides is 1. The van der Waals surface area contributed by atoms with Crippen LogP contribution in [-0.4, -0.2) is 111 Å². The van der Waals surface area contributed by atoms with Crippen molar-refractivity contribution in [2.24, 2.45) is 11.3 Å². The van der Waals surface area contributed by atoms with E-state index in [1.807, 2.05) is 44.2 Å². The summed E-state index contributed by atoms with van der Waals surface area (Å²) in [7, 11) is -4.29. The van der Waals surface area contributed by atoms with Gasteiger partial charge in [0.1, 0.15) is 0 Å². The number of hydrogen-bond acceptors (Lipinski definition) is 10. The largest absolute Gasteiger partial charge is 0.465 e. The van der Waals surface area contributed by atoms with Crippen molar-refractivity contribution in [3.05, 3.63) is 66.7 Å². The van der Waals surface area contributed by atoms with E-state index in [2.05, 4.69) is 11.9 Å². The summed E-state index contributed by atoms with van der Waals surface area (Å²) in [5, 5.41) is 25.4. The van der Waals surface area contributed by atoms with Crippen LogP contribution in [-0.2, 0) is 30.7 Å². The molecule has 5 atom stereocenters. The molecule has 0 spiro atoms. The van der Waals surface area contributed by atoms with Gasteiger partial charge in [0.2, 0.25) is 16.8 Å². The molecule has 0 aromatic heterocycles. The lowest BCUT2D eigenvalue weighted by Crippen LogP contribution is -2.58. The van der Waals surface area contributed by atoms with Crippen LogP contribution in [0.5, 0.6) is 11.5 Å². The molecule has 3 aliphatic rings. The van der Waals surface area contributed by atoms with Crippen molar-refractivity contribution in [3.8, 4) is 11.5 Å². The van der Waals surface area contributed by atoms with Crippen molar-refractivity contribution >= 4 is 22.2 Å². The topological polar surface area (TPSA) is 173 Å². The number of carbonyl (C=O) groups excluding carboxylic acids is 1. The third-order valence-electron chi connectivity index (χ3n) is 9.28. The second-order valence-electron chi connectivity index (χ2n) is 13.5. The number of nitrogens with one attached hydrogen (secondary N) is 1. The van der Waals surface area contributed by atoms with Gasteiger partial charge < -0.3 is 39.2 Å². The first kappa shape index (κ1) is 37.4. The van der Waals surface area contributed by atoms with E-state index >= 15 is 0 Å². The molecule has 2 saturated heterocycles. The lowest BCUT2D eigenvalue weighted by molar-refractivity contribution is -0.0906. The van der Waals surface area contributed by atoms with Gasteiger partial charge in [0.15, 0.2) is 17.8 Å². The number of alkyl carbamates (subject to hydrolysis) is 1. The van der Waals surface area contributed by atoms with E-state index in [1.165, 1.54) is 27.4 Å². The van der Waals surface area contributed by atoms with Crippen LogP contribution in [0.4, 0.5) is 9.59 Å². The van der Waals surface area contributed by atoms with Crippen LogP contribution in [0.1, 0.15) is 38.7 Å². The molecule has 3 aliphatic heterocycles. The number of rotatable bonds is 17. The number of fused-ring (bicyclic) bond motifs is 2. The molecule has 3 heterocycles. The minimum Gasteiger partial charge on any atom is -0.465 e. The maximum Gasteiger partial charge on any atom is 0.407 e. The fraction of sp³-hybridized carbons (Fsp3) is 0.543. The Hall–Kier alpha value is -3.89. The highest BCUT2D eigenvalue weighted by Gasteiger charge is 2.49. The third kappa shape index (κ3) is 9.06. The van der Waals surface area contributed by atoms with Crippen LogP contribution in [0, 0.1) is 11.3 Å². The number of ether oxygens (including phenoxy) is 5. The van der Waals surface area contributed by atoms with Gasteiger partial charge >= 0.3 is 12.2 Å². The van der Waals surface area contributed by atoms with Crippen LogP contribution < -0.4 is 14.8 Å². The van der Waals surface area contributed by atoms with Crippen LogP contribution in [0.2, 0.25) is 0 Å². The summed E-state index contributed by atoms with van der Waals surface area (Å²) < 4.78 is 57.4. The Morgan fingerprint density at radius 3 is 2.64 bits per heavy atom. The molecule has 274 valence electrons. The van der Waals surface area contributed by atoms with Gasteiger partial charge in [-0.05, 0) is 48.8 Å². The van der Waals surface area contributed by atoms with Crippen LogP contribution in [0.15, 0.2) is 66.1 Å². The Morgan fingerprint density at radius 2 is 1.90 bits per heavy atom. The highest BCUT2D eigenvalue weighted by molar-refractivity contribution is 7.89. The molecule has 14 nitrogen and oxygen atoms in total. The Morgan fingerprint density at radius 1 is 1.14 bits per heavy atom. The van der Waals surface area contributed by atoms with Gasteiger partial charge in [-0.25, -0.2) is 18.0 Å². The standard InChI is InChI=1S/C35H47N3O11S/c1-4-5-16-46-33(40)36-15-14-35(2,3)22-37(50(43,44)25-11-12-30-31(19-25)49-23-48-30)20-29(39)27(18-24-9-7-6-8-10-24)38(34(41)42)28-21-47-32-26(28)13-17-45-32/h4,6-12,19,26-29,32,39H,1,5,13-18,20-23H2,2-3H3,(H,36,40)(H,41,42)/t26-,27-,28-,29+,32+/m0/s1. The molecule has 50 heavy (non-hydrogen) atoms. The number of aliphatic hydroxyl groups is 1. The van der Waals surface area contributed by atoms with Crippen molar-refractivity contribution in [2.45, 2.75) is 68.9 Å². The fourth-order valence-corrected chi connectivity index (χ4v) is 8.31. The molecule has 0 radical (unpaired) electrons. The molecule has 0 unspecified atom stereocenters. The maximum atomic E-state index is 14.4. The second kappa shape index (κ2) is 16.4. The van der Waals surface area contributed by atoms with E-state index in [4.69, 9.17) is 23.7 Å². The van der Waals surface area contributed by atoms with E-state index in [0.29, 0.717) is 31.6 Å². The summed E-state index contributed by atoms with van der Waals surface area (Å²) in [5.41, 5.74) is 0.0598. The molecule has 5 rings (SSSR count). The first-order valence-electron chi connectivity index (χ1n) is 16.8. The molecule has 2 amide bonds. The zero-order chi connectivity index (χ0) is 35.9. The number of nitrogens with zero attached hydrogens (tertiary/aromatic N) is 2. The second-order valence-corrected chi connectivity index (χ2v) is 15.4. The van der Waals surface area contributed by atoms with E-state index < -0.39 is 58.6 Å². The van der Waals surface area contributed by atoms with E-state index in [-0.39, 0.29) is 56.1 Å². The predicted octanol–water partition coefficient (Wildman–Crippen LogP) is 3.84. The van der Waals surface area contributed by atoms with Crippen LogP contribution in [0.25, 0.3) is 0 Å². The molecule has 2 fully saturated rings. The van der Waals surface area contributed by atoms with Gasteiger partial charge in [-0.2, -0.15) is 4.31 Å². The number of benzene rings is 2. The molecule has 0 saturated carbocycles. The van der Waals surface area contributed by atoms with Crippen molar-refractivity contribution in [1.29, 1.82) is 0 Å². The zero-order valence-electron chi connectivity index (χ0n) is 28.4. The number of amides is 2. The fourth-order valence-electron chi connectivity index (χ4n) is 6.64. The zero-order valence-corrected chi connectivity index (χ0v) is 29.3. The smallest absolute Gasteiger partial charge is 0.407 e. The van der Waals surface area contributed by atoms with Gasteiger partial charge in [-0.3, -0.25) is 4.90 Å². The minimum absolute atomic E-state index is 0.0404. The number of carbonyl (C=O) groups is 2. The Labute approximate surface area is 292 Å². The lowest BCUT2D eigenvalue weighted by atomic mass is 9.89. The van der Waals surface area contributed by atoms with Gasteiger partial charge in [0, 0.05) is 31.6 Å². The molecular formula is C35H47N3O11S. The minimum atomic E-state index is -4.29. The Balaban J connectivity index is 1.43. The van der Waals surface area contributed by atoms with Crippen molar-refractivity contribution in [1.82, 2.24) is 14.5 Å². The van der Waals surface area contributed by atoms with Crippen molar-refractivity contribution in [3.63, 3.8) is 0 Å². The molecule has 3 N–H and O–H groups in total. The summed E-state index contributed by atoms with van der Waals surface area (Å²) in [6.45, 7) is 7.71. The molecule has 15 heteroatoms. The monoisotopic (exact) mass is 717 g/mol. The Bertz CT molecular complexity index is 1590. The average Bonchev–Trinajstić information content (AvgIpc) is 3.83. The van der Waals surface area contributed by atoms with E-state index in [1.54, 1.807) is 6.08 Å². The summed E-state index contributed by atoms with van der Waals surface area (Å²) in [6, 6.07) is 11.8. The molecule has 0 aliphatic carbocycles. The summed E-state index contributed by atoms with van der Waals surface area (Å²) >= 11 is 0. The van der Waals surface area contributed by atoms with E-state index in [9.17, 15) is 28.2 Å². The van der Waals surface area contributed by atoms with E-state index in [0.717, 1.165) is 5.56 Å². The van der Waals surface area contributed by atoms with Gasteiger partial charge in [-0.1, -0.05) is 50.3 Å². The number of hydrogen-bond donors (Lipinski definition) is 3. The van der Waals surface area contributed by atoms with Gasteiger partial charge in [-0.15, -0.1) is 6.58 Å². The first-order valence-corrected chi connectivity index (χ1v) is 18.2. The number of carboxylic acid groups (broad SMARTS) is 1. The maximum absolute atomic E-state index is 14.4. The average molecular weight is 718 g/mol. The first-order chi connectivity index (χ1) is 23.9. The summed E-state index contributed by atoms with van der Waals surface area (Å²) in [5.74, 6) is 0.466. The molecular weight excluding hydrogens is 670 g/mol. The van der Waals surface area contributed by atoms with Crippen molar-refractivity contribution in [2.75, 3.05) is 46.2 Å². The third-order valence-corrected chi connectivity index (χ3v) is 11.1. The molecule has 0 bridgehead atoms. The predicted molar refractivity (Wildman–Crippen MR) is 181 cm³/mol. The Kier molecular flexibility index (Phi) is 12.3. The highest BCUT2D eigenvalue weighted by atomic mass is 32.2. The van der Waals surface area contributed by atoms with Crippen molar-refractivity contribution < 1.29 is 51.9 Å². The normalized spacial score (nSPS) is 21.0. The van der Waals surface area contributed by atoms with Gasteiger partial charge in [0.05, 0.1) is 42.9 Å². The summed E-state index contributed by atoms with van der Waals surface area (Å²) in [4.78, 5) is 26.3. The number of aliphatic hydroxyl groups excluding tert-OH is 1. The van der Waals surface area contributed by atoms with Crippen LogP contribution in [0.3, 0.4) is 0 Å². The lowest BCUT2D eigenvalue weighted by Gasteiger charge is -2.40.